The molecule has 2 aromatic carbocycles. The van der Waals surface area contributed by atoms with Crippen LogP contribution in [-0.4, -0.2) is 43.7 Å². The van der Waals surface area contributed by atoms with Gasteiger partial charge >= 0.3 is 6.09 Å². The molecule has 1 aliphatic heterocycles. The highest BCUT2D eigenvalue weighted by atomic mass is 16.6. The average Bonchev–Trinajstić information content (AvgIpc) is 3.30. The van der Waals surface area contributed by atoms with E-state index in [2.05, 4.69) is 39.4 Å². The van der Waals surface area contributed by atoms with Crippen molar-refractivity contribution < 1.29 is 13.9 Å². The maximum absolute atomic E-state index is 12.2. The topological polar surface area (TPSA) is 58.0 Å². The zero-order valence-electron chi connectivity index (χ0n) is 16.2. The summed E-state index contributed by atoms with van der Waals surface area (Å²) in [4.78, 5) is 16.9. The van der Waals surface area contributed by atoms with Crippen LogP contribution in [0.5, 0.6) is 5.75 Å². The lowest BCUT2D eigenvalue weighted by Crippen LogP contribution is -2.50. The fourth-order valence-corrected chi connectivity index (χ4v) is 3.63. The highest BCUT2D eigenvalue weighted by molar-refractivity contribution is 5.70. The summed E-state index contributed by atoms with van der Waals surface area (Å²) in [6.07, 6.45) is 1.21. The molecule has 1 N–H and O–H groups in total. The maximum atomic E-state index is 12.2. The maximum Gasteiger partial charge on any atom is 0.412 e. The van der Waals surface area contributed by atoms with E-state index in [1.165, 1.54) is 5.69 Å². The van der Waals surface area contributed by atoms with Gasteiger partial charge in [0.25, 0.3) is 0 Å². The van der Waals surface area contributed by atoms with E-state index in [9.17, 15) is 4.79 Å². The van der Waals surface area contributed by atoms with Crippen molar-refractivity contribution in [1.29, 1.82) is 0 Å². The zero-order chi connectivity index (χ0) is 19.9. The Morgan fingerprint density at radius 3 is 2.28 bits per heavy atom. The third kappa shape index (κ3) is 4.97. The summed E-state index contributed by atoms with van der Waals surface area (Å²) in [5.74, 6) is 1.37. The number of carbonyl (C=O) groups is 1. The molecule has 0 radical (unpaired) electrons. The molecule has 2 heterocycles. The molecule has 0 saturated carbocycles. The second-order valence-corrected chi connectivity index (χ2v) is 6.97. The molecule has 6 nitrogen and oxygen atoms in total. The monoisotopic (exact) mass is 391 g/mol. The van der Waals surface area contributed by atoms with Crippen molar-refractivity contribution in [3.05, 3.63) is 84.8 Å². The van der Waals surface area contributed by atoms with E-state index in [1.807, 2.05) is 36.4 Å². The SMILES string of the molecule is O=C(NC[C@H](c1ccco1)N1CCN(c2ccccc2)CC1)Oc1ccccc1. The quantitative estimate of drug-likeness (QED) is 0.690. The van der Waals surface area contributed by atoms with Crippen LogP contribution in [0.1, 0.15) is 11.8 Å². The lowest BCUT2D eigenvalue weighted by atomic mass is 10.1. The summed E-state index contributed by atoms with van der Waals surface area (Å²) in [6, 6.07) is 23.3. The number of rotatable bonds is 6. The predicted octanol–water partition coefficient (Wildman–Crippen LogP) is 3.93. The van der Waals surface area contributed by atoms with Gasteiger partial charge in [-0.15, -0.1) is 0 Å². The van der Waals surface area contributed by atoms with Crippen LogP contribution >= 0.6 is 0 Å². The number of para-hydroxylation sites is 2. The summed E-state index contributed by atoms with van der Waals surface area (Å²) in [5, 5.41) is 2.88. The van der Waals surface area contributed by atoms with E-state index in [-0.39, 0.29) is 6.04 Å². The van der Waals surface area contributed by atoms with Crippen LogP contribution in [0.4, 0.5) is 10.5 Å². The Balaban J connectivity index is 1.36. The van der Waals surface area contributed by atoms with Crippen molar-refractivity contribution in [2.45, 2.75) is 6.04 Å². The number of furan rings is 1. The summed E-state index contributed by atoms with van der Waals surface area (Å²) in [5.41, 5.74) is 1.24. The summed E-state index contributed by atoms with van der Waals surface area (Å²) in [7, 11) is 0. The molecular weight excluding hydrogens is 366 g/mol. The number of piperazine rings is 1. The molecule has 29 heavy (non-hydrogen) atoms. The first-order valence-corrected chi connectivity index (χ1v) is 9.88. The van der Waals surface area contributed by atoms with Crippen LogP contribution in [0, 0.1) is 0 Å². The molecule has 1 aromatic heterocycles. The summed E-state index contributed by atoms with van der Waals surface area (Å²) in [6.45, 7) is 4.04. The van der Waals surface area contributed by atoms with Crippen LogP contribution in [0.15, 0.2) is 83.5 Å². The number of nitrogens with zero attached hydrogens (tertiary/aromatic N) is 2. The van der Waals surface area contributed by atoms with Crippen molar-refractivity contribution in [2.24, 2.45) is 0 Å². The molecule has 1 fully saturated rings. The predicted molar refractivity (Wildman–Crippen MR) is 112 cm³/mol. The van der Waals surface area contributed by atoms with Crippen LogP contribution in [-0.2, 0) is 0 Å². The van der Waals surface area contributed by atoms with Crippen LogP contribution < -0.4 is 15.0 Å². The molecule has 6 heteroatoms. The van der Waals surface area contributed by atoms with E-state index in [1.54, 1.807) is 18.4 Å². The van der Waals surface area contributed by atoms with Gasteiger partial charge in [-0.05, 0) is 36.4 Å². The van der Waals surface area contributed by atoms with Gasteiger partial charge in [-0.3, -0.25) is 4.90 Å². The number of carbonyl (C=O) groups excluding carboxylic acids is 1. The zero-order valence-corrected chi connectivity index (χ0v) is 16.2. The van der Waals surface area contributed by atoms with E-state index in [0.29, 0.717) is 12.3 Å². The number of anilines is 1. The van der Waals surface area contributed by atoms with Crippen molar-refractivity contribution in [1.82, 2.24) is 10.2 Å². The highest BCUT2D eigenvalue weighted by Gasteiger charge is 2.27. The largest absolute Gasteiger partial charge is 0.468 e. The van der Waals surface area contributed by atoms with E-state index in [0.717, 1.165) is 31.9 Å². The fourth-order valence-electron chi connectivity index (χ4n) is 3.63. The van der Waals surface area contributed by atoms with Gasteiger partial charge in [0, 0.05) is 38.4 Å². The third-order valence-corrected chi connectivity index (χ3v) is 5.14. The van der Waals surface area contributed by atoms with Gasteiger partial charge in [0.1, 0.15) is 11.5 Å². The average molecular weight is 391 g/mol. The van der Waals surface area contributed by atoms with Crippen LogP contribution in [0.25, 0.3) is 0 Å². The minimum atomic E-state index is -0.462. The second-order valence-electron chi connectivity index (χ2n) is 6.97. The first-order valence-electron chi connectivity index (χ1n) is 9.88. The van der Waals surface area contributed by atoms with Gasteiger partial charge in [0.05, 0.1) is 12.3 Å². The van der Waals surface area contributed by atoms with Crippen molar-refractivity contribution in [3.63, 3.8) is 0 Å². The molecule has 0 aliphatic carbocycles. The lowest BCUT2D eigenvalue weighted by molar-refractivity contribution is 0.155. The lowest BCUT2D eigenvalue weighted by Gasteiger charge is -2.39. The van der Waals surface area contributed by atoms with Gasteiger partial charge in [0.15, 0.2) is 0 Å². The molecule has 150 valence electrons. The minimum absolute atomic E-state index is 0.0359. The van der Waals surface area contributed by atoms with Crippen molar-refractivity contribution >= 4 is 11.8 Å². The molecular formula is C23H25N3O3. The van der Waals surface area contributed by atoms with Gasteiger partial charge in [-0.2, -0.15) is 0 Å². The van der Waals surface area contributed by atoms with Crippen molar-refractivity contribution in [3.8, 4) is 5.75 Å². The standard InChI is InChI=1S/C23H25N3O3/c27-23(29-20-10-5-2-6-11-20)24-18-21(22-12-7-17-28-22)26-15-13-25(14-16-26)19-8-3-1-4-9-19/h1-12,17,21H,13-16,18H2,(H,24,27)/t21-/m1/s1. The molecule has 4 rings (SSSR count). The Labute approximate surface area is 170 Å². The van der Waals surface area contributed by atoms with Gasteiger partial charge < -0.3 is 19.4 Å². The van der Waals surface area contributed by atoms with E-state index >= 15 is 0 Å². The van der Waals surface area contributed by atoms with Crippen LogP contribution in [0.3, 0.4) is 0 Å². The second kappa shape index (κ2) is 9.30. The number of hydrogen-bond acceptors (Lipinski definition) is 5. The molecule has 1 saturated heterocycles. The number of benzene rings is 2. The number of nitrogens with one attached hydrogen (secondary N) is 1. The minimum Gasteiger partial charge on any atom is -0.468 e. The first-order chi connectivity index (χ1) is 14.3. The Hall–Kier alpha value is -3.25. The molecule has 1 atom stereocenters. The normalized spacial score (nSPS) is 15.7. The number of amides is 1. The highest BCUT2D eigenvalue weighted by Crippen LogP contribution is 2.24. The number of ether oxygens (including phenoxy) is 1. The Morgan fingerprint density at radius 1 is 0.931 bits per heavy atom. The molecule has 3 aromatic rings. The van der Waals surface area contributed by atoms with Gasteiger partial charge in [-0.1, -0.05) is 36.4 Å². The fraction of sp³-hybridized carbons (Fsp3) is 0.261. The smallest absolute Gasteiger partial charge is 0.412 e. The van der Waals surface area contributed by atoms with E-state index < -0.39 is 6.09 Å². The molecule has 1 aliphatic rings. The summed E-state index contributed by atoms with van der Waals surface area (Å²) < 4.78 is 11.0. The van der Waals surface area contributed by atoms with E-state index in [4.69, 9.17) is 9.15 Å². The molecule has 0 unspecified atom stereocenters. The molecule has 0 spiro atoms. The molecule has 0 bridgehead atoms. The Bertz CT molecular complexity index is 876. The first kappa shape index (κ1) is 19.1. The van der Waals surface area contributed by atoms with Crippen molar-refractivity contribution in [2.75, 3.05) is 37.6 Å². The molecule has 1 amide bonds. The Morgan fingerprint density at radius 2 is 1.62 bits per heavy atom. The summed E-state index contributed by atoms with van der Waals surface area (Å²) >= 11 is 0. The Kier molecular flexibility index (Phi) is 6.12. The van der Waals surface area contributed by atoms with Gasteiger partial charge in [-0.25, -0.2) is 4.79 Å². The van der Waals surface area contributed by atoms with Crippen LogP contribution in [0.2, 0.25) is 0 Å². The van der Waals surface area contributed by atoms with Gasteiger partial charge in [0.2, 0.25) is 0 Å². The number of hydrogen-bond donors (Lipinski definition) is 1. The third-order valence-electron chi connectivity index (χ3n) is 5.14.